The molecule has 2 heterocycles. The van der Waals surface area contributed by atoms with Gasteiger partial charge in [-0.15, -0.1) is 0 Å². The summed E-state index contributed by atoms with van der Waals surface area (Å²) in [6, 6.07) is 1.89. The van der Waals surface area contributed by atoms with Gasteiger partial charge in [0.25, 0.3) is 0 Å². The van der Waals surface area contributed by atoms with Crippen LogP contribution in [-0.2, 0) is 4.74 Å². The van der Waals surface area contributed by atoms with Crippen molar-refractivity contribution in [2.24, 2.45) is 0 Å². The molecule has 2 N–H and O–H groups in total. The number of rotatable bonds is 3. The van der Waals surface area contributed by atoms with Gasteiger partial charge in [0.1, 0.15) is 11.4 Å². The minimum Gasteiger partial charge on any atom is -0.359 e. The molecule has 0 aliphatic carbocycles. The number of aryl methyl sites for hydroxylation is 1. The number of halogens is 1. The highest BCUT2D eigenvalue weighted by Gasteiger charge is 2.16. The van der Waals surface area contributed by atoms with Crippen LogP contribution in [0.25, 0.3) is 0 Å². The van der Waals surface area contributed by atoms with Crippen LogP contribution in [0.5, 0.6) is 0 Å². The van der Waals surface area contributed by atoms with Crippen molar-refractivity contribution in [1.82, 2.24) is 4.98 Å². The first-order valence-electron chi connectivity index (χ1n) is 5.76. The van der Waals surface area contributed by atoms with Crippen LogP contribution in [0.1, 0.15) is 30.5 Å². The lowest BCUT2D eigenvalue weighted by Gasteiger charge is -2.25. The van der Waals surface area contributed by atoms with E-state index in [4.69, 9.17) is 21.7 Å². The first-order chi connectivity index (χ1) is 8.20. The van der Waals surface area contributed by atoms with Gasteiger partial charge >= 0.3 is 0 Å². The van der Waals surface area contributed by atoms with Crippen molar-refractivity contribution in [3.8, 4) is 0 Å². The molecule has 0 radical (unpaired) electrons. The van der Waals surface area contributed by atoms with Crippen molar-refractivity contribution in [2.75, 3.05) is 11.9 Å². The molecule has 1 aromatic rings. The molecule has 0 amide bonds. The van der Waals surface area contributed by atoms with Gasteiger partial charge in [-0.05, 0) is 32.3 Å². The molecular formula is C12H16ClN3O. The molecule has 92 valence electrons. The molecule has 1 saturated heterocycles. The Kier molecular flexibility index (Phi) is 3.97. The summed E-state index contributed by atoms with van der Waals surface area (Å²) in [4.78, 5) is 4.13. The second-order valence-corrected chi connectivity index (χ2v) is 4.52. The van der Waals surface area contributed by atoms with Gasteiger partial charge < -0.3 is 15.5 Å². The first-order valence-corrected chi connectivity index (χ1v) is 6.14. The Morgan fingerprint density at radius 1 is 1.59 bits per heavy atom. The molecule has 1 aromatic heterocycles. The van der Waals surface area contributed by atoms with Crippen LogP contribution in [0.2, 0.25) is 5.15 Å². The van der Waals surface area contributed by atoms with Crippen molar-refractivity contribution < 1.29 is 4.74 Å². The molecule has 4 nitrogen and oxygen atoms in total. The van der Waals surface area contributed by atoms with Gasteiger partial charge in [0, 0.05) is 24.2 Å². The molecule has 17 heavy (non-hydrogen) atoms. The average molecular weight is 254 g/mol. The van der Waals surface area contributed by atoms with E-state index in [-0.39, 0.29) is 6.23 Å². The van der Waals surface area contributed by atoms with Crippen LogP contribution in [0.15, 0.2) is 6.07 Å². The van der Waals surface area contributed by atoms with E-state index >= 15 is 0 Å². The van der Waals surface area contributed by atoms with Crippen molar-refractivity contribution in [1.29, 1.82) is 5.41 Å². The van der Waals surface area contributed by atoms with Gasteiger partial charge in [0.2, 0.25) is 0 Å². The van der Waals surface area contributed by atoms with Crippen LogP contribution in [0.4, 0.5) is 5.69 Å². The molecule has 1 aliphatic rings. The lowest BCUT2D eigenvalue weighted by Crippen LogP contribution is -2.27. The summed E-state index contributed by atoms with van der Waals surface area (Å²) < 4.78 is 5.61. The van der Waals surface area contributed by atoms with E-state index in [1.165, 1.54) is 6.21 Å². The van der Waals surface area contributed by atoms with E-state index in [0.717, 1.165) is 37.3 Å². The first kappa shape index (κ1) is 12.3. The molecule has 1 atom stereocenters. The SMILES string of the molecule is Cc1cc(NC2CCCCO2)c(C=N)c(Cl)n1. The van der Waals surface area contributed by atoms with E-state index in [1.54, 1.807) is 0 Å². The Morgan fingerprint density at radius 3 is 3.06 bits per heavy atom. The summed E-state index contributed by atoms with van der Waals surface area (Å²) in [5.74, 6) is 0. The minimum absolute atomic E-state index is 0.0142. The number of ether oxygens (including phenoxy) is 1. The fraction of sp³-hybridized carbons (Fsp3) is 0.500. The van der Waals surface area contributed by atoms with Crippen molar-refractivity contribution in [2.45, 2.75) is 32.4 Å². The van der Waals surface area contributed by atoms with Crippen molar-refractivity contribution >= 4 is 23.5 Å². The maximum Gasteiger partial charge on any atom is 0.140 e. The fourth-order valence-electron chi connectivity index (χ4n) is 1.93. The van der Waals surface area contributed by atoms with Gasteiger partial charge in [0.05, 0.1) is 5.56 Å². The average Bonchev–Trinajstić information content (AvgIpc) is 2.30. The third-order valence-electron chi connectivity index (χ3n) is 2.78. The van der Waals surface area contributed by atoms with Crippen LogP contribution in [-0.4, -0.2) is 24.0 Å². The van der Waals surface area contributed by atoms with E-state index < -0.39 is 0 Å². The summed E-state index contributed by atoms with van der Waals surface area (Å²) in [7, 11) is 0. The Bertz CT molecular complexity index is 416. The summed E-state index contributed by atoms with van der Waals surface area (Å²) in [6.45, 7) is 2.67. The Balaban J connectivity index is 2.21. The quantitative estimate of drug-likeness (QED) is 0.643. The normalized spacial score (nSPS) is 20.0. The lowest BCUT2D eigenvalue weighted by molar-refractivity contribution is 0.0343. The number of nitrogens with one attached hydrogen (secondary N) is 2. The van der Waals surface area contributed by atoms with Crippen molar-refractivity contribution in [3.63, 3.8) is 0 Å². The minimum atomic E-state index is 0.0142. The van der Waals surface area contributed by atoms with Crippen LogP contribution >= 0.6 is 11.6 Å². The second-order valence-electron chi connectivity index (χ2n) is 4.16. The Hall–Kier alpha value is -1.13. The molecular weight excluding hydrogens is 238 g/mol. The molecule has 5 heteroatoms. The summed E-state index contributed by atoms with van der Waals surface area (Å²) in [6.07, 6.45) is 4.50. The molecule has 2 rings (SSSR count). The van der Waals surface area contributed by atoms with E-state index in [0.29, 0.717) is 10.7 Å². The second kappa shape index (κ2) is 5.47. The monoisotopic (exact) mass is 253 g/mol. The fourth-order valence-corrected chi connectivity index (χ4v) is 2.22. The zero-order valence-electron chi connectivity index (χ0n) is 9.79. The zero-order valence-corrected chi connectivity index (χ0v) is 10.5. The van der Waals surface area contributed by atoms with E-state index in [1.807, 2.05) is 13.0 Å². The van der Waals surface area contributed by atoms with Crippen molar-refractivity contribution in [3.05, 3.63) is 22.5 Å². The van der Waals surface area contributed by atoms with Crippen LogP contribution < -0.4 is 5.32 Å². The third kappa shape index (κ3) is 2.96. The van der Waals surface area contributed by atoms with E-state index in [2.05, 4.69) is 10.3 Å². The van der Waals surface area contributed by atoms with E-state index in [9.17, 15) is 0 Å². The molecule has 0 saturated carbocycles. The number of pyridine rings is 1. The smallest absolute Gasteiger partial charge is 0.140 e. The summed E-state index contributed by atoms with van der Waals surface area (Å²) in [5, 5.41) is 11.0. The van der Waals surface area contributed by atoms with Crippen LogP contribution in [0.3, 0.4) is 0 Å². The Morgan fingerprint density at radius 2 is 2.41 bits per heavy atom. The summed E-state index contributed by atoms with van der Waals surface area (Å²) >= 11 is 6.01. The highest BCUT2D eigenvalue weighted by molar-refractivity contribution is 6.32. The topological polar surface area (TPSA) is 58.0 Å². The van der Waals surface area contributed by atoms with Gasteiger partial charge in [-0.25, -0.2) is 4.98 Å². The van der Waals surface area contributed by atoms with Crippen LogP contribution in [0, 0.1) is 12.3 Å². The predicted octanol–water partition coefficient (Wildman–Crippen LogP) is 2.98. The standard InChI is InChI=1S/C12H16ClN3O/c1-8-6-10(9(7-14)12(13)15-8)16-11-4-2-3-5-17-11/h6-7,11,14H,2-5H2,1H3,(H,15,16). The Labute approximate surface area is 106 Å². The number of aromatic nitrogens is 1. The van der Waals surface area contributed by atoms with Gasteiger partial charge in [-0.1, -0.05) is 11.6 Å². The number of anilines is 1. The highest BCUT2D eigenvalue weighted by atomic mass is 35.5. The number of nitrogens with zero attached hydrogens (tertiary/aromatic N) is 1. The van der Waals surface area contributed by atoms with Gasteiger partial charge in [-0.3, -0.25) is 0 Å². The highest BCUT2D eigenvalue weighted by Crippen LogP contribution is 2.24. The largest absolute Gasteiger partial charge is 0.359 e. The van der Waals surface area contributed by atoms with Gasteiger partial charge in [-0.2, -0.15) is 0 Å². The number of hydrogen-bond acceptors (Lipinski definition) is 4. The maximum atomic E-state index is 7.38. The summed E-state index contributed by atoms with van der Waals surface area (Å²) in [5.41, 5.74) is 2.27. The predicted molar refractivity (Wildman–Crippen MR) is 69.1 cm³/mol. The third-order valence-corrected chi connectivity index (χ3v) is 3.07. The molecule has 0 bridgehead atoms. The maximum absolute atomic E-state index is 7.38. The lowest BCUT2D eigenvalue weighted by atomic mass is 10.1. The van der Waals surface area contributed by atoms with Gasteiger partial charge in [0.15, 0.2) is 0 Å². The number of hydrogen-bond donors (Lipinski definition) is 2. The zero-order chi connectivity index (χ0) is 12.3. The molecule has 0 aromatic carbocycles. The molecule has 1 fully saturated rings. The molecule has 1 unspecified atom stereocenters. The molecule has 0 spiro atoms. The molecule has 1 aliphatic heterocycles.